The van der Waals surface area contributed by atoms with Gasteiger partial charge in [-0.2, -0.15) is 5.10 Å². The number of carbonyl (C=O) groups excluding carboxylic acids is 1. The predicted octanol–water partition coefficient (Wildman–Crippen LogP) is 1.63. The summed E-state index contributed by atoms with van der Waals surface area (Å²) in [5, 5.41) is 6.84. The van der Waals surface area contributed by atoms with Crippen LogP contribution in [-0.2, 0) is 9.53 Å². The van der Waals surface area contributed by atoms with Gasteiger partial charge in [0.05, 0.1) is 18.5 Å². The van der Waals surface area contributed by atoms with E-state index in [0.29, 0.717) is 24.0 Å². The predicted molar refractivity (Wildman–Crippen MR) is 73.5 cm³/mol. The smallest absolute Gasteiger partial charge is 0.250 e. The van der Waals surface area contributed by atoms with Gasteiger partial charge >= 0.3 is 0 Å². The second-order valence-electron chi connectivity index (χ2n) is 4.86. The van der Waals surface area contributed by atoms with Gasteiger partial charge in [0.2, 0.25) is 5.91 Å². The first-order valence-electron chi connectivity index (χ1n) is 6.65. The van der Waals surface area contributed by atoms with Crippen molar-refractivity contribution < 1.29 is 9.53 Å². The van der Waals surface area contributed by atoms with Crippen LogP contribution in [0.5, 0.6) is 0 Å². The number of anilines is 1. The van der Waals surface area contributed by atoms with Gasteiger partial charge in [-0.05, 0) is 37.0 Å². The Morgan fingerprint density at radius 1 is 1.45 bits per heavy atom. The van der Waals surface area contributed by atoms with Gasteiger partial charge in [-0.25, -0.2) is 9.67 Å². The fourth-order valence-electron chi connectivity index (χ4n) is 1.80. The van der Waals surface area contributed by atoms with E-state index in [-0.39, 0.29) is 12.5 Å². The van der Waals surface area contributed by atoms with Gasteiger partial charge in [-0.3, -0.25) is 4.79 Å². The molecule has 6 heteroatoms. The SMILES string of the molecule is O=C(COCC1CC1)Nc1ccc(-n2cccn2)nc1. The molecule has 1 aliphatic rings. The molecule has 3 rings (SSSR count). The van der Waals surface area contributed by atoms with Crippen molar-refractivity contribution in [3.05, 3.63) is 36.8 Å². The minimum atomic E-state index is -0.153. The van der Waals surface area contributed by atoms with E-state index < -0.39 is 0 Å². The first-order valence-corrected chi connectivity index (χ1v) is 6.65. The molecule has 0 spiro atoms. The number of pyridine rings is 1. The van der Waals surface area contributed by atoms with E-state index in [1.807, 2.05) is 12.3 Å². The van der Waals surface area contributed by atoms with Gasteiger partial charge in [-0.15, -0.1) is 0 Å². The molecule has 2 aromatic heterocycles. The third-order valence-electron chi connectivity index (χ3n) is 3.05. The molecule has 0 aliphatic heterocycles. The van der Waals surface area contributed by atoms with E-state index in [9.17, 15) is 4.79 Å². The minimum Gasteiger partial charge on any atom is -0.371 e. The van der Waals surface area contributed by atoms with Crippen molar-refractivity contribution in [2.75, 3.05) is 18.5 Å². The summed E-state index contributed by atoms with van der Waals surface area (Å²) in [6, 6.07) is 5.42. The molecule has 0 radical (unpaired) electrons. The average molecular weight is 272 g/mol. The summed E-state index contributed by atoms with van der Waals surface area (Å²) < 4.78 is 6.98. The van der Waals surface area contributed by atoms with Crippen LogP contribution in [0.3, 0.4) is 0 Å². The zero-order valence-corrected chi connectivity index (χ0v) is 11.0. The molecule has 6 nitrogen and oxygen atoms in total. The van der Waals surface area contributed by atoms with E-state index in [2.05, 4.69) is 15.4 Å². The number of hydrogen-bond donors (Lipinski definition) is 1. The van der Waals surface area contributed by atoms with Crippen molar-refractivity contribution in [2.45, 2.75) is 12.8 Å². The molecule has 1 saturated carbocycles. The molecule has 0 bridgehead atoms. The maximum Gasteiger partial charge on any atom is 0.250 e. The van der Waals surface area contributed by atoms with Gasteiger partial charge in [0, 0.05) is 12.4 Å². The fraction of sp³-hybridized carbons (Fsp3) is 0.357. The Morgan fingerprint density at radius 2 is 2.35 bits per heavy atom. The summed E-state index contributed by atoms with van der Waals surface area (Å²) in [6.07, 6.45) is 7.55. The number of carbonyl (C=O) groups is 1. The molecule has 1 N–H and O–H groups in total. The molecular weight excluding hydrogens is 256 g/mol. The van der Waals surface area contributed by atoms with Crippen LogP contribution in [0.4, 0.5) is 5.69 Å². The minimum absolute atomic E-state index is 0.0947. The van der Waals surface area contributed by atoms with Crippen molar-refractivity contribution in [2.24, 2.45) is 5.92 Å². The molecule has 1 fully saturated rings. The van der Waals surface area contributed by atoms with E-state index in [4.69, 9.17) is 4.74 Å². The van der Waals surface area contributed by atoms with Crippen molar-refractivity contribution in [1.29, 1.82) is 0 Å². The molecule has 0 unspecified atom stereocenters. The van der Waals surface area contributed by atoms with Crippen LogP contribution in [-0.4, -0.2) is 33.9 Å². The highest BCUT2D eigenvalue weighted by Crippen LogP contribution is 2.28. The lowest BCUT2D eigenvalue weighted by atomic mass is 10.4. The Balaban J connectivity index is 1.50. The van der Waals surface area contributed by atoms with Crippen molar-refractivity contribution in [1.82, 2.24) is 14.8 Å². The number of rotatable bonds is 6. The molecule has 0 aromatic carbocycles. The van der Waals surface area contributed by atoms with Gasteiger partial charge in [0.1, 0.15) is 6.61 Å². The van der Waals surface area contributed by atoms with Crippen LogP contribution in [0.2, 0.25) is 0 Å². The van der Waals surface area contributed by atoms with E-state index in [0.717, 1.165) is 0 Å². The van der Waals surface area contributed by atoms with Gasteiger partial charge in [0.25, 0.3) is 0 Å². The van der Waals surface area contributed by atoms with E-state index >= 15 is 0 Å². The largest absolute Gasteiger partial charge is 0.371 e. The highest BCUT2D eigenvalue weighted by Gasteiger charge is 2.21. The number of nitrogens with zero attached hydrogens (tertiary/aromatic N) is 3. The Hall–Kier alpha value is -2.21. The Bertz CT molecular complexity index is 561. The van der Waals surface area contributed by atoms with Crippen molar-refractivity contribution in [3.63, 3.8) is 0 Å². The molecule has 1 amide bonds. The van der Waals surface area contributed by atoms with Crippen LogP contribution >= 0.6 is 0 Å². The molecular formula is C14H16N4O2. The van der Waals surface area contributed by atoms with Crippen LogP contribution in [0, 0.1) is 5.92 Å². The van der Waals surface area contributed by atoms with Crippen LogP contribution in [0.1, 0.15) is 12.8 Å². The lowest BCUT2D eigenvalue weighted by Crippen LogP contribution is -2.19. The first-order chi connectivity index (χ1) is 9.81. The lowest BCUT2D eigenvalue weighted by Gasteiger charge is -2.06. The van der Waals surface area contributed by atoms with Gasteiger partial charge in [0.15, 0.2) is 5.82 Å². The zero-order chi connectivity index (χ0) is 13.8. The average Bonchev–Trinajstić information content (AvgIpc) is 3.11. The molecule has 1 aliphatic carbocycles. The van der Waals surface area contributed by atoms with E-state index in [1.165, 1.54) is 12.8 Å². The molecule has 0 atom stereocenters. The monoisotopic (exact) mass is 272 g/mol. The van der Waals surface area contributed by atoms with Crippen LogP contribution in [0.25, 0.3) is 5.82 Å². The van der Waals surface area contributed by atoms with Crippen LogP contribution in [0.15, 0.2) is 36.8 Å². The normalized spacial score (nSPS) is 14.2. The molecule has 104 valence electrons. The van der Waals surface area contributed by atoms with E-state index in [1.54, 1.807) is 29.2 Å². The number of aromatic nitrogens is 3. The summed E-state index contributed by atoms with van der Waals surface area (Å²) in [6.45, 7) is 0.779. The number of ether oxygens (including phenoxy) is 1. The Morgan fingerprint density at radius 3 is 3.00 bits per heavy atom. The maximum atomic E-state index is 11.6. The molecule has 0 saturated heterocycles. The van der Waals surface area contributed by atoms with Crippen LogP contribution < -0.4 is 5.32 Å². The van der Waals surface area contributed by atoms with Crippen molar-refractivity contribution >= 4 is 11.6 Å². The summed E-state index contributed by atoms with van der Waals surface area (Å²) in [7, 11) is 0. The summed E-state index contributed by atoms with van der Waals surface area (Å²) in [4.78, 5) is 15.9. The van der Waals surface area contributed by atoms with Gasteiger partial charge in [-0.1, -0.05) is 0 Å². The first kappa shape index (κ1) is 12.8. The van der Waals surface area contributed by atoms with Gasteiger partial charge < -0.3 is 10.1 Å². The quantitative estimate of drug-likeness (QED) is 0.867. The Labute approximate surface area is 116 Å². The molecule has 2 aromatic rings. The summed E-state index contributed by atoms with van der Waals surface area (Å²) in [5.74, 6) is 1.22. The second-order valence-corrected chi connectivity index (χ2v) is 4.86. The number of amides is 1. The highest BCUT2D eigenvalue weighted by atomic mass is 16.5. The topological polar surface area (TPSA) is 69.0 Å². The highest BCUT2D eigenvalue weighted by molar-refractivity contribution is 5.91. The third-order valence-corrected chi connectivity index (χ3v) is 3.05. The Kier molecular flexibility index (Phi) is 3.73. The zero-order valence-electron chi connectivity index (χ0n) is 11.0. The fourth-order valence-corrected chi connectivity index (χ4v) is 1.80. The molecule has 2 heterocycles. The molecule has 20 heavy (non-hydrogen) atoms. The maximum absolute atomic E-state index is 11.6. The standard InChI is InChI=1S/C14H16N4O2/c19-14(10-20-9-11-2-3-11)17-12-4-5-13(15-8-12)18-7-1-6-16-18/h1,4-8,11H,2-3,9-10H2,(H,17,19). The number of hydrogen-bond acceptors (Lipinski definition) is 4. The number of nitrogens with one attached hydrogen (secondary N) is 1. The third kappa shape index (κ3) is 3.42. The summed E-state index contributed by atoms with van der Waals surface area (Å²) in [5.41, 5.74) is 0.654. The van der Waals surface area contributed by atoms with Crippen molar-refractivity contribution in [3.8, 4) is 5.82 Å². The summed E-state index contributed by atoms with van der Waals surface area (Å²) >= 11 is 0. The lowest BCUT2D eigenvalue weighted by molar-refractivity contribution is -0.120. The second kappa shape index (κ2) is 5.83.